The number of hydrogen-bond donors (Lipinski definition) is 0. The predicted octanol–water partition coefficient (Wildman–Crippen LogP) is 3.22. The lowest BCUT2D eigenvalue weighted by Crippen LogP contribution is -2.15. The molecule has 0 aliphatic rings. The minimum atomic E-state index is 0.464. The fraction of sp³-hybridized carbons (Fsp3) is 0.500. The molecule has 4 heteroatoms. The standard InChI is InChI=1S/C14H20ClN3/c1-10(2)12-8-16-18-9-11(5-6-17(3)4)13(15)7-14(12)18/h7-10H,5-6H2,1-4H3. The monoisotopic (exact) mass is 265 g/mol. The summed E-state index contributed by atoms with van der Waals surface area (Å²) in [6.45, 7) is 5.33. The fourth-order valence-electron chi connectivity index (χ4n) is 2.03. The smallest absolute Gasteiger partial charge is 0.0711 e. The van der Waals surface area contributed by atoms with Crippen LogP contribution in [0, 0.1) is 0 Å². The van der Waals surface area contributed by atoms with E-state index < -0.39 is 0 Å². The Morgan fingerprint density at radius 1 is 1.39 bits per heavy atom. The van der Waals surface area contributed by atoms with Crippen LogP contribution in [0.3, 0.4) is 0 Å². The molecule has 2 aromatic heterocycles. The zero-order valence-electron chi connectivity index (χ0n) is 11.4. The van der Waals surface area contributed by atoms with Gasteiger partial charge in [-0.15, -0.1) is 0 Å². The van der Waals surface area contributed by atoms with E-state index in [-0.39, 0.29) is 0 Å². The third kappa shape index (κ3) is 2.68. The summed E-state index contributed by atoms with van der Waals surface area (Å²) in [5, 5.41) is 5.25. The second-order valence-electron chi connectivity index (χ2n) is 5.28. The molecule has 0 fully saturated rings. The van der Waals surface area contributed by atoms with Crippen molar-refractivity contribution in [3.05, 3.63) is 34.6 Å². The molecule has 2 rings (SSSR count). The topological polar surface area (TPSA) is 20.5 Å². The molecule has 2 aromatic rings. The molecule has 18 heavy (non-hydrogen) atoms. The van der Waals surface area contributed by atoms with Gasteiger partial charge in [0.2, 0.25) is 0 Å². The van der Waals surface area contributed by atoms with Gasteiger partial charge in [0.1, 0.15) is 0 Å². The molecule has 3 nitrogen and oxygen atoms in total. The van der Waals surface area contributed by atoms with E-state index in [0.717, 1.165) is 29.1 Å². The minimum absolute atomic E-state index is 0.464. The van der Waals surface area contributed by atoms with E-state index in [9.17, 15) is 0 Å². The van der Waals surface area contributed by atoms with Crippen molar-refractivity contribution in [3.8, 4) is 0 Å². The molecule has 0 spiro atoms. The van der Waals surface area contributed by atoms with Gasteiger partial charge in [-0.25, -0.2) is 4.52 Å². The third-order valence-electron chi connectivity index (χ3n) is 3.16. The van der Waals surface area contributed by atoms with Gasteiger partial charge in [0.15, 0.2) is 0 Å². The lowest BCUT2D eigenvalue weighted by molar-refractivity contribution is 0.413. The van der Waals surface area contributed by atoms with Crippen LogP contribution in [0.15, 0.2) is 18.5 Å². The third-order valence-corrected chi connectivity index (χ3v) is 3.51. The Kier molecular flexibility index (Phi) is 3.93. The molecule has 0 N–H and O–H groups in total. The van der Waals surface area contributed by atoms with Crippen LogP contribution in [0.4, 0.5) is 0 Å². The highest BCUT2D eigenvalue weighted by atomic mass is 35.5. The molecule has 0 saturated carbocycles. The van der Waals surface area contributed by atoms with Gasteiger partial charge in [-0.2, -0.15) is 5.10 Å². The Morgan fingerprint density at radius 2 is 2.11 bits per heavy atom. The first-order chi connectivity index (χ1) is 8.49. The molecular weight excluding hydrogens is 246 g/mol. The lowest BCUT2D eigenvalue weighted by atomic mass is 10.1. The molecule has 0 aromatic carbocycles. The zero-order valence-corrected chi connectivity index (χ0v) is 12.2. The normalized spacial score (nSPS) is 11.9. The summed E-state index contributed by atoms with van der Waals surface area (Å²) in [7, 11) is 4.13. The van der Waals surface area contributed by atoms with Gasteiger partial charge in [0, 0.05) is 23.3 Å². The maximum Gasteiger partial charge on any atom is 0.0711 e. The lowest BCUT2D eigenvalue weighted by Gasteiger charge is -2.11. The van der Waals surface area contributed by atoms with Crippen LogP contribution in [-0.4, -0.2) is 35.2 Å². The summed E-state index contributed by atoms with van der Waals surface area (Å²) in [6, 6.07) is 2.04. The number of rotatable bonds is 4. The van der Waals surface area contributed by atoms with Crippen LogP contribution in [0.25, 0.3) is 5.52 Å². The molecule has 0 radical (unpaired) electrons. The highest BCUT2D eigenvalue weighted by Crippen LogP contribution is 2.25. The highest BCUT2D eigenvalue weighted by molar-refractivity contribution is 6.31. The van der Waals surface area contributed by atoms with Crippen molar-refractivity contribution in [2.75, 3.05) is 20.6 Å². The number of pyridine rings is 1. The number of hydrogen-bond acceptors (Lipinski definition) is 2. The molecule has 0 unspecified atom stereocenters. The average Bonchev–Trinajstić information content (AvgIpc) is 2.68. The maximum absolute atomic E-state index is 6.36. The van der Waals surface area contributed by atoms with Crippen LogP contribution in [0.5, 0.6) is 0 Å². The van der Waals surface area contributed by atoms with E-state index in [0.29, 0.717) is 5.92 Å². The number of aromatic nitrogens is 2. The number of nitrogens with zero attached hydrogens (tertiary/aromatic N) is 3. The average molecular weight is 266 g/mol. The van der Waals surface area contributed by atoms with Crippen molar-refractivity contribution in [2.24, 2.45) is 0 Å². The summed E-state index contributed by atoms with van der Waals surface area (Å²) < 4.78 is 1.94. The molecule has 0 amide bonds. The first-order valence-corrected chi connectivity index (χ1v) is 6.67. The van der Waals surface area contributed by atoms with Crippen molar-refractivity contribution in [1.82, 2.24) is 14.5 Å². The Morgan fingerprint density at radius 3 is 2.72 bits per heavy atom. The van der Waals surface area contributed by atoms with Crippen LogP contribution in [-0.2, 0) is 6.42 Å². The van der Waals surface area contributed by atoms with Crippen molar-refractivity contribution in [1.29, 1.82) is 0 Å². The highest BCUT2D eigenvalue weighted by Gasteiger charge is 2.11. The quantitative estimate of drug-likeness (QED) is 0.846. The van der Waals surface area contributed by atoms with Gasteiger partial charge in [0.05, 0.1) is 11.7 Å². The summed E-state index contributed by atoms with van der Waals surface area (Å²) in [4.78, 5) is 2.16. The fourth-order valence-corrected chi connectivity index (χ4v) is 2.28. The Bertz CT molecular complexity index is 543. The maximum atomic E-state index is 6.36. The Labute approximate surface area is 113 Å². The van der Waals surface area contributed by atoms with Gasteiger partial charge in [-0.1, -0.05) is 25.4 Å². The SMILES string of the molecule is CC(C)c1cnn2cc(CCN(C)C)c(Cl)cc12. The van der Waals surface area contributed by atoms with Gasteiger partial charge in [0.25, 0.3) is 0 Å². The van der Waals surface area contributed by atoms with E-state index in [1.807, 2.05) is 23.0 Å². The molecule has 0 saturated heterocycles. The Balaban J connectivity index is 2.38. The summed E-state index contributed by atoms with van der Waals surface area (Å²) >= 11 is 6.36. The second kappa shape index (κ2) is 5.29. The molecule has 98 valence electrons. The van der Waals surface area contributed by atoms with Crippen molar-refractivity contribution in [2.45, 2.75) is 26.2 Å². The van der Waals surface area contributed by atoms with Gasteiger partial charge >= 0.3 is 0 Å². The number of fused-ring (bicyclic) bond motifs is 1. The van der Waals surface area contributed by atoms with Crippen LogP contribution < -0.4 is 0 Å². The summed E-state index contributed by atoms with van der Waals surface area (Å²) in [6.07, 6.45) is 4.93. The first-order valence-electron chi connectivity index (χ1n) is 6.29. The minimum Gasteiger partial charge on any atom is -0.309 e. The largest absolute Gasteiger partial charge is 0.309 e. The zero-order chi connectivity index (χ0) is 13.3. The second-order valence-corrected chi connectivity index (χ2v) is 5.69. The molecule has 0 aliphatic heterocycles. The van der Waals surface area contributed by atoms with Crippen molar-refractivity contribution >= 4 is 17.1 Å². The summed E-state index contributed by atoms with van der Waals surface area (Å²) in [5.74, 6) is 0.464. The van der Waals surface area contributed by atoms with Crippen LogP contribution in [0.2, 0.25) is 5.02 Å². The Hall–Kier alpha value is -1.06. The molecule has 0 bridgehead atoms. The molecular formula is C14H20ClN3. The van der Waals surface area contributed by atoms with Crippen molar-refractivity contribution in [3.63, 3.8) is 0 Å². The van der Waals surface area contributed by atoms with E-state index in [4.69, 9.17) is 11.6 Å². The summed E-state index contributed by atoms with van der Waals surface area (Å²) in [5.41, 5.74) is 3.51. The van der Waals surface area contributed by atoms with E-state index in [1.54, 1.807) is 0 Å². The molecule has 2 heterocycles. The first kappa shape index (κ1) is 13.4. The van der Waals surface area contributed by atoms with Crippen LogP contribution in [0.1, 0.15) is 30.9 Å². The molecule has 0 aliphatic carbocycles. The van der Waals surface area contributed by atoms with Crippen LogP contribution >= 0.6 is 11.6 Å². The van der Waals surface area contributed by atoms with E-state index in [1.165, 1.54) is 5.56 Å². The van der Waals surface area contributed by atoms with Gasteiger partial charge < -0.3 is 4.90 Å². The number of halogens is 1. The van der Waals surface area contributed by atoms with E-state index in [2.05, 4.69) is 37.9 Å². The van der Waals surface area contributed by atoms with Gasteiger partial charge in [-0.3, -0.25) is 0 Å². The predicted molar refractivity (Wildman–Crippen MR) is 76.5 cm³/mol. The van der Waals surface area contributed by atoms with Crippen molar-refractivity contribution < 1.29 is 0 Å². The number of likely N-dealkylation sites (N-methyl/N-ethyl adjacent to an activating group) is 1. The van der Waals surface area contributed by atoms with E-state index >= 15 is 0 Å². The van der Waals surface area contributed by atoms with Gasteiger partial charge in [-0.05, 0) is 38.1 Å². The molecule has 0 atom stereocenters.